The molecule has 28 heavy (non-hydrogen) atoms. The molecule has 0 radical (unpaired) electrons. The first-order valence-electron chi connectivity index (χ1n) is 9.00. The number of thiazole rings is 1. The number of aromatic nitrogens is 2. The van der Waals surface area contributed by atoms with Gasteiger partial charge in [-0.2, -0.15) is 0 Å². The third-order valence-corrected chi connectivity index (χ3v) is 4.93. The fourth-order valence-electron chi connectivity index (χ4n) is 2.58. The lowest BCUT2D eigenvalue weighted by molar-refractivity contribution is 0.0691. The van der Waals surface area contributed by atoms with E-state index < -0.39 is 5.97 Å². The number of pyridine rings is 1. The molecule has 0 spiro atoms. The molecule has 3 rings (SSSR count). The second kappa shape index (κ2) is 9.70. The summed E-state index contributed by atoms with van der Waals surface area (Å²) in [5.41, 5.74) is 7.41. The molecule has 0 amide bonds. The van der Waals surface area contributed by atoms with Gasteiger partial charge in [-0.15, -0.1) is 11.3 Å². The van der Waals surface area contributed by atoms with Gasteiger partial charge in [0.25, 0.3) is 0 Å². The number of ether oxygens (including phenoxy) is 1. The Labute approximate surface area is 167 Å². The van der Waals surface area contributed by atoms with Crippen LogP contribution in [0.15, 0.2) is 48.0 Å². The van der Waals surface area contributed by atoms with Crippen molar-refractivity contribution < 1.29 is 14.6 Å². The molecule has 0 fully saturated rings. The highest BCUT2D eigenvalue weighted by atomic mass is 32.1. The molecule has 146 valence electrons. The Morgan fingerprint density at radius 1 is 1.21 bits per heavy atom. The van der Waals surface area contributed by atoms with Gasteiger partial charge in [-0.3, -0.25) is 0 Å². The van der Waals surface area contributed by atoms with Crippen LogP contribution in [0.25, 0.3) is 10.6 Å². The quantitative estimate of drug-likeness (QED) is 0.347. The molecule has 0 atom stereocenters. The average molecular weight is 398 g/mol. The van der Waals surface area contributed by atoms with E-state index in [1.807, 2.05) is 36.4 Å². The van der Waals surface area contributed by atoms with Gasteiger partial charge < -0.3 is 20.9 Å². The predicted octanol–water partition coefficient (Wildman–Crippen LogP) is 4.15. The summed E-state index contributed by atoms with van der Waals surface area (Å²) in [5, 5.41) is 14.5. The third-order valence-electron chi connectivity index (χ3n) is 4.03. The van der Waals surface area contributed by atoms with Crippen LogP contribution in [0.4, 0.5) is 11.5 Å². The molecule has 2 heterocycles. The van der Waals surface area contributed by atoms with Gasteiger partial charge >= 0.3 is 5.97 Å². The van der Waals surface area contributed by atoms with E-state index in [2.05, 4.69) is 15.3 Å². The smallest absolute Gasteiger partial charge is 0.355 e. The van der Waals surface area contributed by atoms with Crippen LogP contribution in [-0.2, 0) is 0 Å². The maximum atomic E-state index is 11.0. The minimum Gasteiger partial charge on any atom is -0.491 e. The van der Waals surface area contributed by atoms with Crippen molar-refractivity contribution in [1.82, 2.24) is 9.97 Å². The van der Waals surface area contributed by atoms with Crippen molar-refractivity contribution in [2.75, 3.05) is 24.2 Å². The van der Waals surface area contributed by atoms with Crippen molar-refractivity contribution in [3.8, 4) is 16.3 Å². The second-order valence-electron chi connectivity index (χ2n) is 6.15. The lowest BCUT2D eigenvalue weighted by Crippen LogP contribution is -2.05. The van der Waals surface area contributed by atoms with Crippen LogP contribution < -0.4 is 15.8 Å². The number of hydrogen-bond acceptors (Lipinski definition) is 7. The Balaban J connectivity index is 1.39. The lowest BCUT2D eigenvalue weighted by atomic mass is 10.2. The molecule has 0 unspecified atom stereocenters. The summed E-state index contributed by atoms with van der Waals surface area (Å²) in [7, 11) is 0. The number of carboxylic acid groups (broad SMARTS) is 1. The van der Waals surface area contributed by atoms with Gasteiger partial charge in [0.1, 0.15) is 16.6 Å². The molecule has 0 bridgehead atoms. The molecule has 3 aromatic rings. The summed E-state index contributed by atoms with van der Waals surface area (Å²) in [6.45, 7) is 1.43. The summed E-state index contributed by atoms with van der Waals surface area (Å²) in [6, 6.07) is 11.2. The summed E-state index contributed by atoms with van der Waals surface area (Å²) in [4.78, 5) is 19.4. The van der Waals surface area contributed by atoms with Gasteiger partial charge in [-0.05, 0) is 43.5 Å². The summed E-state index contributed by atoms with van der Waals surface area (Å²) in [5.74, 6) is 0.460. The van der Waals surface area contributed by atoms with Crippen LogP contribution in [-0.4, -0.2) is 34.2 Å². The van der Waals surface area contributed by atoms with Gasteiger partial charge in [0.2, 0.25) is 0 Å². The molecule has 0 saturated heterocycles. The van der Waals surface area contributed by atoms with Gasteiger partial charge in [0.05, 0.1) is 12.3 Å². The maximum absolute atomic E-state index is 11.0. The zero-order valence-corrected chi connectivity index (χ0v) is 16.1. The fourth-order valence-corrected chi connectivity index (χ4v) is 3.37. The van der Waals surface area contributed by atoms with E-state index in [0.717, 1.165) is 42.9 Å². The number of nitrogens with one attached hydrogen (secondary N) is 1. The van der Waals surface area contributed by atoms with Gasteiger partial charge in [-0.1, -0.05) is 12.1 Å². The van der Waals surface area contributed by atoms with Crippen molar-refractivity contribution >= 4 is 28.8 Å². The van der Waals surface area contributed by atoms with E-state index in [1.165, 1.54) is 16.7 Å². The zero-order chi connectivity index (χ0) is 19.8. The predicted molar refractivity (Wildman–Crippen MR) is 111 cm³/mol. The first-order chi connectivity index (χ1) is 13.6. The first-order valence-corrected chi connectivity index (χ1v) is 9.88. The summed E-state index contributed by atoms with van der Waals surface area (Å²) in [6.07, 6.45) is 4.64. The minimum absolute atomic E-state index is 0.0609. The molecular formula is C20H22N4O3S. The fraction of sp³-hybridized carbons (Fsp3) is 0.250. The summed E-state index contributed by atoms with van der Waals surface area (Å²) < 4.78 is 5.68. The Kier molecular flexibility index (Phi) is 6.80. The van der Waals surface area contributed by atoms with Crippen LogP contribution in [0.2, 0.25) is 0 Å². The number of rotatable bonds is 10. The Hall–Kier alpha value is -3.13. The molecule has 7 nitrogen and oxygen atoms in total. The van der Waals surface area contributed by atoms with Crippen LogP contribution in [0.1, 0.15) is 29.8 Å². The normalized spacial score (nSPS) is 10.6. The van der Waals surface area contributed by atoms with E-state index in [4.69, 9.17) is 15.6 Å². The molecule has 4 N–H and O–H groups in total. The topological polar surface area (TPSA) is 110 Å². The third kappa shape index (κ3) is 5.43. The number of carboxylic acids is 1. The number of para-hydroxylation sites is 2. The largest absolute Gasteiger partial charge is 0.491 e. The minimum atomic E-state index is -1.02. The highest BCUT2D eigenvalue weighted by Gasteiger charge is 2.10. The number of hydrogen-bond donors (Lipinski definition) is 3. The molecule has 0 aliphatic rings. The van der Waals surface area contributed by atoms with E-state index in [0.29, 0.717) is 17.3 Å². The van der Waals surface area contributed by atoms with Crippen LogP contribution in [0, 0.1) is 0 Å². The number of aromatic carboxylic acids is 1. The molecule has 1 aromatic carbocycles. The van der Waals surface area contributed by atoms with Crippen LogP contribution in [0.3, 0.4) is 0 Å². The number of benzene rings is 1. The Bertz CT molecular complexity index is 929. The number of carbonyl (C=O) groups is 1. The highest BCUT2D eigenvalue weighted by Crippen LogP contribution is 2.25. The molecular weight excluding hydrogens is 376 g/mol. The second-order valence-corrected chi connectivity index (χ2v) is 7.00. The number of anilines is 2. The van der Waals surface area contributed by atoms with Crippen LogP contribution >= 0.6 is 11.3 Å². The molecule has 0 saturated carbocycles. The number of nitrogen functional groups attached to an aromatic ring is 1. The lowest BCUT2D eigenvalue weighted by Gasteiger charge is -2.09. The van der Waals surface area contributed by atoms with Crippen molar-refractivity contribution in [2.24, 2.45) is 0 Å². The van der Waals surface area contributed by atoms with E-state index >= 15 is 0 Å². The SMILES string of the molecule is Nc1ccccc1OCCCCCNc1cc(-c2nc(C(=O)O)cs2)ccn1. The number of unbranched alkanes of at least 4 members (excludes halogenated alkanes) is 2. The highest BCUT2D eigenvalue weighted by molar-refractivity contribution is 7.13. The van der Waals surface area contributed by atoms with Gasteiger partial charge in [0.15, 0.2) is 5.69 Å². The van der Waals surface area contributed by atoms with Gasteiger partial charge in [-0.25, -0.2) is 14.8 Å². The first kappa shape index (κ1) is 19.6. The van der Waals surface area contributed by atoms with Crippen molar-refractivity contribution in [2.45, 2.75) is 19.3 Å². The number of nitrogens with zero attached hydrogens (tertiary/aromatic N) is 2. The Morgan fingerprint density at radius 3 is 2.86 bits per heavy atom. The molecule has 0 aliphatic carbocycles. The van der Waals surface area contributed by atoms with Crippen LogP contribution in [0.5, 0.6) is 5.75 Å². The van der Waals surface area contributed by atoms with Crippen molar-refractivity contribution in [3.63, 3.8) is 0 Å². The standard InChI is InChI=1S/C20H22N4O3S/c21-15-6-2-3-7-17(15)27-11-5-1-4-9-22-18-12-14(8-10-23-18)19-24-16(13-28-19)20(25)26/h2-3,6-8,10,12-13H,1,4-5,9,11,21H2,(H,22,23)(H,25,26). The molecule has 0 aliphatic heterocycles. The van der Waals surface area contributed by atoms with Crippen molar-refractivity contribution in [3.05, 3.63) is 53.7 Å². The Morgan fingerprint density at radius 2 is 2.07 bits per heavy atom. The monoisotopic (exact) mass is 398 g/mol. The maximum Gasteiger partial charge on any atom is 0.355 e. The van der Waals surface area contributed by atoms with Gasteiger partial charge in [0, 0.05) is 23.7 Å². The zero-order valence-electron chi connectivity index (χ0n) is 15.3. The van der Waals surface area contributed by atoms with E-state index in [1.54, 1.807) is 6.20 Å². The summed E-state index contributed by atoms with van der Waals surface area (Å²) >= 11 is 1.31. The number of nitrogens with two attached hydrogens (primary N) is 1. The molecule has 8 heteroatoms. The van der Waals surface area contributed by atoms with E-state index in [9.17, 15) is 4.79 Å². The average Bonchev–Trinajstić information content (AvgIpc) is 3.19. The van der Waals surface area contributed by atoms with E-state index in [-0.39, 0.29) is 5.69 Å². The van der Waals surface area contributed by atoms with Crippen molar-refractivity contribution in [1.29, 1.82) is 0 Å². The molecule has 2 aromatic heterocycles.